The molecular formula is C24H34N2O2. The number of aryl methyl sites for hydroxylation is 1. The Kier molecular flexibility index (Phi) is 4.79. The molecule has 4 fully saturated rings. The van der Waals surface area contributed by atoms with Crippen LogP contribution in [0, 0.1) is 30.1 Å². The summed E-state index contributed by atoms with van der Waals surface area (Å²) >= 11 is 0. The van der Waals surface area contributed by atoms with Gasteiger partial charge in [-0.3, -0.25) is 9.59 Å². The zero-order valence-corrected chi connectivity index (χ0v) is 17.7. The highest BCUT2D eigenvalue weighted by Crippen LogP contribution is 2.61. The van der Waals surface area contributed by atoms with Crippen molar-refractivity contribution in [2.24, 2.45) is 23.2 Å². The Hall–Kier alpha value is -1.84. The highest BCUT2D eigenvalue weighted by Gasteiger charge is 2.56. The molecule has 2 N–H and O–H groups in total. The van der Waals surface area contributed by atoms with E-state index in [0.29, 0.717) is 5.56 Å². The van der Waals surface area contributed by atoms with Crippen LogP contribution in [0.2, 0.25) is 0 Å². The molecule has 4 aliphatic rings. The molecule has 28 heavy (non-hydrogen) atoms. The molecule has 4 heteroatoms. The number of carbonyl (C=O) groups excluding carboxylic acids is 2. The summed E-state index contributed by atoms with van der Waals surface area (Å²) in [4.78, 5) is 26.4. The van der Waals surface area contributed by atoms with E-state index >= 15 is 0 Å². The second-order valence-corrected chi connectivity index (χ2v) is 10.8. The fourth-order valence-corrected chi connectivity index (χ4v) is 6.39. The van der Waals surface area contributed by atoms with Crippen LogP contribution in [0.25, 0.3) is 0 Å². The summed E-state index contributed by atoms with van der Waals surface area (Å²) < 4.78 is 0. The van der Waals surface area contributed by atoms with Gasteiger partial charge in [0, 0.05) is 16.5 Å². The van der Waals surface area contributed by atoms with Gasteiger partial charge >= 0.3 is 0 Å². The maximum absolute atomic E-state index is 13.4. The molecule has 4 aliphatic carbocycles. The second-order valence-electron chi connectivity index (χ2n) is 10.8. The number of rotatable bonds is 4. The van der Waals surface area contributed by atoms with E-state index in [1.807, 2.05) is 52.0 Å². The van der Waals surface area contributed by atoms with Crippen molar-refractivity contribution in [2.75, 3.05) is 0 Å². The quantitative estimate of drug-likeness (QED) is 0.819. The summed E-state index contributed by atoms with van der Waals surface area (Å²) in [5, 5.41) is 6.34. The smallest absolute Gasteiger partial charge is 0.251 e. The van der Waals surface area contributed by atoms with Gasteiger partial charge in [-0.05, 0) is 96.1 Å². The lowest BCUT2D eigenvalue weighted by atomic mass is 9.47. The van der Waals surface area contributed by atoms with Gasteiger partial charge < -0.3 is 10.6 Å². The third-order valence-electron chi connectivity index (χ3n) is 7.05. The van der Waals surface area contributed by atoms with Crippen molar-refractivity contribution in [1.29, 1.82) is 0 Å². The average Bonchev–Trinajstić information content (AvgIpc) is 2.57. The van der Waals surface area contributed by atoms with Crippen molar-refractivity contribution < 1.29 is 9.59 Å². The molecule has 2 amide bonds. The predicted molar refractivity (Wildman–Crippen MR) is 111 cm³/mol. The predicted octanol–water partition coefficient (Wildman–Crippen LogP) is 4.22. The van der Waals surface area contributed by atoms with Crippen LogP contribution in [-0.4, -0.2) is 23.4 Å². The topological polar surface area (TPSA) is 58.2 Å². The maximum atomic E-state index is 13.4. The van der Waals surface area contributed by atoms with Crippen LogP contribution in [-0.2, 0) is 4.79 Å². The van der Waals surface area contributed by atoms with Crippen molar-refractivity contribution in [2.45, 2.75) is 77.8 Å². The molecule has 1 aromatic carbocycles. The number of nitrogens with one attached hydrogen (secondary N) is 2. The van der Waals surface area contributed by atoms with E-state index < -0.39 is 6.04 Å². The van der Waals surface area contributed by atoms with E-state index in [1.165, 1.54) is 19.3 Å². The average molecular weight is 383 g/mol. The van der Waals surface area contributed by atoms with Crippen LogP contribution in [0.5, 0.6) is 0 Å². The Morgan fingerprint density at radius 2 is 1.46 bits per heavy atom. The highest BCUT2D eigenvalue weighted by atomic mass is 16.2. The SMILES string of the molecule is Cc1ccc(C(=O)N[C@H](C(=O)NC(C)(C)C)C23CC4CC(CC(C4)C2)C3)cc1. The van der Waals surface area contributed by atoms with E-state index in [2.05, 4.69) is 10.6 Å². The third-order valence-corrected chi connectivity index (χ3v) is 7.05. The van der Waals surface area contributed by atoms with Gasteiger partial charge in [-0.1, -0.05) is 17.7 Å². The van der Waals surface area contributed by atoms with Crippen molar-refractivity contribution in [1.82, 2.24) is 10.6 Å². The van der Waals surface area contributed by atoms with Crippen molar-refractivity contribution in [3.8, 4) is 0 Å². The molecule has 4 bridgehead atoms. The maximum Gasteiger partial charge on any atom is 0.251 e. The van der Waals surface area contributed by atoms with Crippen molar-refractivity contribution >= 4 is 11.8 Å². The minimum atomic E-state index is -0.450. The molecule has 4 saturated carbocycles. The summed E-state index contributed by atoms with van der Waals surface area (Å²) in [5.74, 6) is 2.03. The lowest BCUT2D eigenvalue weighted by Gasteiger charge is -2.59. The highest BCUT2D eigenvalue weighted by molar-refractivity contribution is 5.98. The van der Waals surface area contributed by atoms with Gasteiger partial charge in [0.1, 0.15) is 6.04 Å². The largest absolute Gasteiger partial charge is 0.350 e. The Bertz CT molecular complexity index is 725. The third kappa shape index (κ3) is 3.83. The summed E-state index contributed by atoms with van der Waals surface area (Å²) in [5.41, 5.74) is 1.36. The molecule has 1 aromatic rings. The van der Waals surface area contributed by atoms with Gasteiger partial charge in [-0.15, -0.1) is 0 Å². The fourth-order valence-electron chi connectivity index (χ4n) is 6.39. The van der Waals surface area contributed by atoms with E-state index in [-0.39, 0.29) is 22.8 Å². The van der Waals surface area contributed by atoms with Gasteiger partial charge in [0.05, 0.1) is 0 Å². The number of carbonyl (C=O) groups is 2. The molecule has 0 aromatic heterocycles. The minimum absolute atomic E-state index is 0.0186. The van der Waals surface area contributed by atoms with Gasteiger partial charge in [-0.25, -0.2) is 0 Å². The Morgan fingerprint density at radius 3 is 1.93 bits per heavy atom. The lowest BCUT2D eigenvalue weighted by molar-refractivity contribution is -0.136. The zero-order chi connectivity index (χ0) is 20.1. The molecular weight excluding hydrogens is 348 g/mol. The molecule has 0 radical (unpaired) electrons. The molecule has 4 nitrogen and oxygen atoms in total. The van der Waals surface area contributed by atoms with E-state index in [1.54, 1.807) is 0 Å². The Labute approximate surface area is 168 Å². The van der Waals surface area contributed by atoms with Crippen LogP contribution in [0.4, 0.5) is 0 Å². The van der Waals surface area contributed by atoms with Gasteiger partial charge in [0.2, 0.25) is 5.91 Å². The number of hydrogen-bond acceptors (Lipinski definition) is 2. The van der Waals surface area contributed by atoms with Crippen LogP contribution in [0.15, 0.2) is 24.3 Å². The Morgan fingerprint density at radius 1 is 0.964 bits per heavy atom. The molecule has 0 saturated heterocycles. The molecule has 152 valence electrons. The summed E-state index contributed by atoms with van der Waals surface area (Å²) in [6, 6.07) is 7.15. The standard InChI is InChI=1S/C24H34N2O2/c1-15-5-7-19(8-6-15)21(27)25-20(22(28)26-23(2,3)4)24-12-16-9-17(13-24)11-18(10-16)14-24/h5-8,16-18,20H,9-14H2,1-4H3,(H,25,27)(H,26,28)/t16?,17?,18?,20-,24?/m1/s1. The first-order valence-electron chi connectivity index (χ1n) is 10.8. The van der Waals surface area contributed by atoms with E-state index in [0.717, 1.165) is 42.6 Å². The molecule has 0 unspecified atom stereocenters. The first-order valence-corrected chi connectivity index (χ1v) is 10.8. The molecule has 1 atom stereocenters. The molecule has 0 spiro atoms. The lowest BCUT2D eigenvalue weighted by Crippen LogP contribution is -2.63. The molecule has 0 heterocycles. The van der Waals surface area contributed by atoms with Gasteiger partial charge in [0.25, 0.3) is 5.91 Å². The first kappa shape index (κ1) is 19.5. The van der Waals surface area contributed by atoms with Crippen LogP contribution >= 0.6 is 0 Å². The van der Waals surface area contributed by atoms with E-state index in [9.17, 15) is 9.59 Å². The van der Waals surface area contributed by atoms with E-state index in [4.69, 9.17) is 0 Å². The monoisotopic (exact) mass is 382 g/mol. The first-order chi connectivity index (χ1) is 13.1. The van der Waals surface area contributed by atoms with Crippen molar-refractivity contribution in [3.05, 3.63) is 35.4 Å². The van der Waals surface area contributed by atoms with Gasteiger partial charge in [0.15, 0.2) is 0 Å². The number of hydrogen-bond donors (Lipinski definition) is 2. The number of amides is 2. The van der Waals surface area contributed by atoms with Crippen LogP contribution in [0.1, 0.15) is 75.2 Å². The number of benzene rings is 1. The van der Waals surface area contributed by atoms with Gasteiger partial charge in [-0.2, -0.15) is 0 Å². The summed E-state index contributed by atoms with van der Waals surface area (Å²) in [6.45, 7) is 8.02. The van der Waals surface area contributed by atoms with Crippen molar-refractivity contribution in [3.63, 3.8) is 0 Å². The molecule has 0 aliphatic heterocycles. The Balaban J connectivity index is 1.62. The zero-order valence-electron chi connectivity index (χ0n) is 17.7. The minimum Gasteiger partial charge on any atom is -0.350 e. The normalized spacial score (nSPS) is 32.1. The fraction of sp³-hybridized carbons (Fsp3) is 0.667. The summed E-state index contributed by atoms with van der Waals surface area (Å²) in [6.07, 6.45) is 7.19. The van der Waals surface area contributed by atoms with Crippen LogP contribution < -0.4 is 10.6 Å². The van der Waals surface area contributed by atoms with Crippen LogP contribution in [0.3, 0.4) is 0 Å². The summed E-state index contributed by atoms with van der Waals surface area (Å²) in [7, 11) is 0. The second kappa shape index (κ2) is 6.89. The molecule has 5 rings (SSSR count).